The number of rotatable bonds is 4. The Morgan fingerprint density at radius 3 is 3.04 bits per heavy atom. The molecule has 0 saturated carbocycles. The minimum Gasteiger partial charge on any atom is -0.452 e. The number of carbonyl (C=O) groups is 2. The summed E-state index contributed by atoms with van der Waals surface area (Å²) in [4.78, 5) is 32.6. The molecule has 2 aromatic carbocycles. The number of oxazole rings is 1. The van der Waals surface area contributed by atoms with E-state index in [1.54, 1.807) is 18.2 Å². The van der Waals surface area contributed by atoms with Gasteiger partial charge in [-0.25, -0.2) is 14.8 Å². The number of anilines is 1. The van der Waals surface area contributed by atoms with Crippen molar-refractivity contribution in [2.45, 2.75) is 6.92 Å². The molecule has 0 unspecified atom stereocenters. The predicted octanol–water partition coefficient (Wildman–Crippen LogP) is 3.54. The molecule has 130 valence electrons. The van der Waals surface area contributed by atoms with Crippen LogP contribution in [0.15, 0.2) is 47.2 Å². The summed E-state index contributed by atoms with van der Waals surface area (Å²) in [7, 11) is 0. The van der Waals surface area contributed by atoms with E-state index >= 15 is 0 Å². The predicted molar refractivity (Wildman–Crippen MR) is 97.3 cm³/mol. The molecule has 0 atom stereocenters. The molecule has 26 heavy (non-hydrogen) atoms. The van der Waals surface area contributed by atoms with Crippen molar-refractivity contribution in [2.24, 2.45) is 0 Å². The number of ether oxygens (including phenoxy) is 1. The number of fused-ring (bicyclic) bond motifs is 2. The van der Waals surface area contributed by atoms with E-state index in [-0.39, 0.29) is 5.56 Å². The van der Waals surface area contributed by atoms with Gasteiger partial charge in [0.15, 0.2) is 23.7 Å². The van der Waals surface area contributed by atoms with Gasteiger partial charge in [0.05, 0.1) is 15.8 Å². The summed E-state index contributed by atoms with van der Waals surface area (Å²) >= 11 is 1.37. The van der Waals surface area contributed by atoms with E-state index in [2.05, 4.69) is 15.3 Å². The van der Waals surface area contributed by atoms with Gasteiger partial charge in [-0.15, -0.1) is 0 Å². The topological polar surface area (TPSA) is 94.3 Å². The van der Waals surface area contributed by atoms with Gasteiger partial charge in [-0.05, 0) is 36.8 Å². The average molecular weight is 367 g/mol. The van der Waals surface area contributed by atoms with E-state index < -0.39 is 18.5 Å². The molecule has 0 aliphatic rings. The van der Waals surface area contributed by atoms with Gasteiger partial charge in [-0.1, -0.05) is 23.5 Å². The highest BCUT2D eigenvalue weighted by Gasteiger charge is 2.16. The molecule has 0 aliphatic carbocycles. The number of aromatic nitrogens is 2. The molecule has 0 bridgehead atoms. The SMILES string of the molecule is Cc1ccc2nc(NC(=O)COC(=O)c3cccc4ocnc34)sc2c1. The van der Waals surface area contributed by atoms with Gasteiger partial charge >= 0.3 is 5.97 Å². The number of thiazole rings is 1. The number of aryl methyl sites for hydroxylation is 1. The lowest BCUT2D eigenvalue weighted by molar-refractivity contribution is -0.119. The van der Waals surface area contributed by atoms with Crippen LogP contribution in [0.3, 0.4) is 0 Å². The second-order valence-electron chi connectivity index (χ2n) is 5.62. The normalized spacial score (nSPS) is 11.0. The van der Waals surface area contributed by atoms with Crippen LogP contribution in [0.25, 0.3) is 21.3 Å². The molecule has 0 fully saturated rings. The first kappa shape index (κ1) is 16.2. The maximum absolute atomic E-state index is 12.2. The van der Waals surface area contributed by atoms with E-state index in [1.807, 2.05) is 25.1 Å². The van der Waals surface area contributed by atoms with Gasteiger partial charge in [0, 0.05) is 0 Å². The Balaban J connectivity index is 1.41. The zero-order chi connectivity index (χ0) is 18.1. The fraction of sp³-hybridized carbons (Fsp3) is 0.111. The molecule has 4 rings (SSSR count). The second kappa shape index (κ2) is 6.57. The van der Waals surface area contributed by atoms with Crippen LogP contribution in [0.4, 0.5) is 5.13 Å². The first-order valence-corrected chi connectivity index (χ1v) is 8.58. The van der Waals surface area contributed by atoms with E-state index in [0.29, 0.717) is 16.2 Å². The van der Waals surface area contributed by atoms with Crippen molar-refractivity contribution >= 4 is 49.7 Å². The monoisotopic (exact) mass is 367 g/mol. The third kappa shape index (κ3) is 3.14. The number of hydrogen-bond acceptors (Lipinski definition) is 7. The smallest absolute Gasteiger partial charge is 0.340 e. The summed E-state index contributed by atoms with van der Waals surface area (Å²) in [5.41, 5.74) is 3.06. The van der Waals surface area contributed by atoms with Crippen molar-refractivity contribution in [3.8, 4) is 0 Å². The van der Waals surface area contributed by atoms with Crippen molar-refractivity contribution in [1.82, 2.24) is 9.97 Å². The van der Waals surface area contributed by atoms with Gasteiger partial charge in [0.2, 0.25) is 0 Å². The fourth-order valence-electron chi connectivity index (χ4n) is 2.50. The van der Waals surface area contributed by atoms with Gasteiger partial charge in [-0.2, -0.15) is 0 Å². The lowest BCUT2D eigenvalue weighted by Crippen LogP contribution is -2.21. The molecule has 1 N–H and O–H groups in total. The van der Waals surface area contributed by atoms with Crippen LogP contribution in [0.1, 0.15) is 15.9 Å². The summed E-state index contributed by atoms with van der Waals surface area (Å²) < 4.78 is 11.2. The summed E-state index contributed by atoms with van der Waals surface area (Å²) in [5.74, 6) is -1.10. The van der Waals surface area contributed by atoms with Gasteiger partial charge < -0.3 is 9.15 Å². The minimum atomic E-state index is -0.639. The molecular formula is C18H13N3O4S. The minimum absolute atomic E-state index is 0.250. The summed E-state index contributed by atoms with van der Waals surface area (Å²) in [6, 6.07) is 10.8. The lowest BCUT2D eigenvalue weighted by atomic mass is 10.2. The maximum atomic E-state index is 12.2. The van der Waals surface area contributed by atoms with E-state index in [9.17, 15) is 9.59 Å². The maximum Gasteiger partial charge on any atom is 0.340 e. The van der Waals surface area contributed by atoms with Crippen molar-refractivity contribution in [3.05, 3.63) is 53.9 Å². The van der Waals surface area contributed by atoms with Gasteiger partial charge in [0.1, 0.15) is 5.52 Å². The summed E-state index contributed by atoms with van der Waals surface area (Å²) in [5, 5.41) is 3.11. The summed E-state index contributed by atoms with van der Waals surface area (Å²) in [6.45, 7) is 1.58. The van der Waals surface area contributed by atoms with Crippen LogP contribution in [-0.2, 0) is 9.53 Å². The highest BCUT2D eigenvalue weighted by Crippen LogP contribution is 2.26. The molecule has 4 aromatic rings. The van der Waals surface area contributed by atoms with Crippen LogP contribution in [0.5, 0.6) is 0 Å². The number of para-hydroxylation sites is 1. The molecular weight excluding hydrogens is 354 g/mol. The quantitative estimate of drug-likeness (QED) is 0.555. The van der Waals surface area contributed by atoms with Crippen LogP contribution in [0, 0.1) is 6.92 Å². The summed E-state index contributed by atoms with van der Waals surface area (Å²) in [6.07, 6.45) is 1.25. The van der Waals surface area contributed by atoms with Crippen molar-refractivity contribution < 1.29 is 18.7 Å². The third-order valence-corrected chi connectivity index (χ3v) is 4.64. The number of carbonyl (C=O) groups excluding carboxylic acids is 2. The van der Waals surface area contributed by atoms with Crippen molar-refractivity contribution in [3.63, 3.8) is 0 Å². The van der Waals surface area contributed by atoms with E-state index in [1.165, 1.54) is 17.7 Å². The number of hydrogen-bond donors (Lipinski definition) is 1. The van der Waals surface area contributed by atoms with E-state index in [0.717, 1.165) is 15.8 Å². The zero-order valence-corrected chi connectivity index (χ0v) is 14.5. The molecule has 0 spiro atoms. The highest BCUT2D eigenvalue weighted by molar-refractivity contribution is 7.22. The average Bonchev–Trinajstić information content (AvgIpc) is 3.25. The Bertz CT molecular complexity index is 1130. The Labute approximate surface area is 151 Å². The van der Waals surface area contributed by atoms with Gasteiger partial charge in [0.25, 0.3) is 5.91 Å². The number of nitrogens with zero attached hydrogens (tertiary/aromatic N) is 2. The largest absolute Gasteiger partial charge is 0.452 e. The molecule has 2 aromatic heterocycles. The third-order valence-electron chi connectivity index (χ3n) is 3.71. The molecule has 2 heterocycles. The lowest BCUT2D eigenvalue weighted by Gasteiger charge is -2.04. The van der Waals surface area contributed by atoms with Crippen LogP contribution < -0.4 is 5.32 Å². The van der Waals surface area contributed by atoms with Crippen LogP contribution >= 0.6 is 11.3 Å². The Morgan fingerprint density at radius 1 is 1.27 bits per heavy atom. The number of esters is 1. The molecule has 0 saturated heterocycles. The molecule has 8 heteroatoms. The molecule has 0 radical (unpaired) electrons. The second-order valence-corrected chi connectivity index (χ2v) is 6.65. The van der Waals surface area contributed by atoms with Gasteiger partial charge in [-0.3, -0.25) is 10.1 Å². The Morgan fingerprint density at radius 2 is 2.15 bits per heavy atom. The van der Waals surface area contributed by atoms with Crippen molar-refractivity contribution in [2.75, 3.05) is 11.9 Å². The molecule has 7 nitrogen and oxygen atoms in total. The van der Waals surface area contributed by atoms with Crippen LogP contribution in [0.2, 0.25) is 0 Å². The fourth-order valence-corrected chi connectivity index (χ4v) is 3.48. The number of amides is 1. The number of benzene rings is 2. The van der Waals surface area contributed by atoms with Crippen LogP contribution in [-0.4, -0.2) is 28.5 Å². The van der Waals surface area contributed by atoms with Crippen molar-refractivity contribution in [1.29, 1.82) is 0 Å². The standard InChI is InChI=1S/C18H13N3O4S/c1-10-5-6-12-14(7-10)26-18(20-12)21-15(22)8-24-17(23)11-3-2-4-13-16(11)19-9-25-13/h2-7,9H,8H2,1H3,(H,20,21,22). The first-order chi connectivity index (χ1) is 12.6. The van der Waals surface area contributed by atoms with E-state index in [4.69, 9.17) is 9.15 Å². The highest BCUT2D eigenvalue weighted by atomic mass is 32.1. The zero-order valence-electron chi connectivity index (χ0n) is 13.7. The Kier molecular flexibility index (Phi) is 4.10. The molecule has 0 aliphatic heterocycles. The first-order valence-electron chi connectivity index (χ1n) is 7.76. The number of nitrogens with one attached hydrogen (secondary N) is 1. The Hall–Kier alpha value is -3.26. The molecule has 1 amide bonds.